The molecule has 0 heterocycles. The van der Waals surface area contributed by atoms with E-state index in [1.165, 1.54) is 0 Å². The third kappa shape index (κ3) is 5.89. The standard InChI is InChI=1S/C14H23ClN4O2/c1-14(20,9-19(2)3)8-17-7-11-5-4-10(6-12(11)15)13(16)18-21/h4-6,17,20-21H,7-9H2,1-3H3,(H2,16,18). The number of nitrogens with one attached hydrogen (secondary N) is 1. The molecule has 0 saturated carbocycles. The van der Waals surface area contributed by atoms with Gasteiger partial charge >= 0.3 is 0 Å². The lowest BCUT2D eigenvalue weighted by Gasteiger charge is -2.27. The highest BCUT2D eigenvalue weighted by Gasteiger charge is 2.20. The first-order valence-corrected chi connectivity index (χ1v) is 6.97. The lowest BCUT2D eigenvalue weighted by molar-refractivity contribution is 0.0336. The third-order valence-corrected chi connectivity index (χ3v) is 3.29. The van der Waals surface area contributed by atoms with E-state index in [0.29, 0.717) is 30.2 Å². The molecule has 0 aliphatic rings. The Morgan fingerprint density at radius 1 is 1.48 bits per heavy atom. The SMILES string of the molecule is CN(C)CC(C)(O)CNCc1ccc(/C(N)=N/O)cc1Cl. The van der Waals surface area contributed by atoms with E-state index < -0.39 is 5.60 Å². The zero-order valence-electron chi connectivity index (χ0n) is 12.6. The van der Waals surface area contributed by atoms with Crippen LogP contribution < -0.4 is 11.1 Å². The molecule has 5 N–H and O–H groups in total. The van der Waals surface area contributed by atoms with Crippen molar-refractivity contribution >= 4 is 17.4 Å². The van der Waals surface area contributed by atoms with Crippen LogP contribution in [-0.2, 0) is 6.54 Å². The lowest BCUT2D eigenvalue weighted by atomic mass is 10.1. The molecular weight excluding hydrogens is 292 g/mol. The number of nitrogens with two attached hydrogens (primary N) is 1. The Hall–Kier alpha value is -1.34. The third-order valence-electron chi connectivity index (χ3n) is 2.93. The van der Waals surface area contributed by atoms with E-state index in [1.807, 2.05) is 25.1 Å². The van der Waals surface area contributed by atoms with E-state index in [2.05, 4.69) is 10.5 Å². The molecular formula is C14H23ClN4O2. The highest BCUT2D eigenvalue weighted by molar-refractivity contribution is 6.31. The summed E-state index contributed by atoms with van der Waals surface area (Å²) in [6.07, 6.45) is 0. The van der Waals surface area contributed by atoms with Crippen LogP contribution in [0.25, 0.3) is 0 Å². The van der Waals surface area contributed by atoms with Gasteiger partial charge in [-0.25, -0.2) is 0 Å². The highest BCUT2D eigenvalue weighted by atomic mass is 35.5. The molecule has 1 aromatic carbocycles. The minimum Gasteiger partial charge on any atom is -0.409 e. The maximum atomic E-state index is 10.2. The Morgan fingerprint density at radius 3 is 2.67 bits per heavy atom. The molecule has 0 saturated heterocycles. The predicted molar refractivity (Wildman–Crippen MR) is 84.8 cm³/mol. The Labute approximate surface area is 130 Å². The van der Waals surface area contributed by atoms with Crippen molar-refractivity contribution in [2.24, 2.45) is 10.9 Å². The average molecular weight is 315 g/mol. The molecule has 1 atom stereocenters. The van der Waals surface area contributed by atoms with E-state index in [0.717, 1.165) is 5.56 Å². The van der Waals surface area contributed by atoms with Crippen molar-refractivity contribution in [1.29, 1.82) is 0 Å². The molecule has 0 fully saturated rings. The molecule has 0 spiro atoms. The second-order valence-corrected chi connectivity index (χ2v) is 6.04. The van der Waals surface area contributed by atoms with Gasteiger partial charge in [0.2, 0.25) is 0 Å². The van der Waals surface area contributed by atoms with Gasteiger partial charge in [-0.05, 0) is 32.6 Å². The van der Waals surface area contributed by atoms with Gasteiger partial charge in [0.15, 0.2) is 5.84 Å². The number of benzene rings is 1. The van der Waals surface area contributed by atoms with Crippen LogP contribution in [0.2, 0.25) is 5.02 Å². The van der Waals surface area contributed by atoms with Gasteiger partial charge in [0.05, 0.1) is 5.60 Å². The summed E-state index contributed by atoms with van der Waals surface area (Å²) in [5, 5.41) is 25.5. The van der Waals surface area contributed by atoms with Gasteiger partial charge in [0.25, 0.3) is 0 Å². The summed E-state index contributed by atoms with van der Waals surface area (Å²) in [6.45, 7) is 3.32. The number of aliphatic hydroxyl groups is 1. The second-order valence-electron chi connectivity index (χ2n) is 5.63. The number of oxime groups is 1. The van der Waals surface area contributed by atoms with Crippen LogP contribution in [0.15, 0.2) is 23.4 Å². The van der Waals surface area contributed by atoms with Crippen LogP contribution in [0.3, 0.4) is 0 Å². The van der Waals surface area contributed by atoms with Gasteiger partial charge in [-0.15, -0.1) is 0 Å². The Kier molecular flexibility index (Phi) is 6.42. The van der Waals surface area contributed by atoms with Crippen LogP contribution in [0.1, 0.15) is 18.1 Å². The van der Waals surface area contributed by atoms with E-state index in [1.54, 1.807) is 19.1 Å². The smallest absolute Gasteiger partial charge is 0.170 e. The van der Waals surface area contributed by atoms with Crippen LogP contribution >= 0.6 is 11.6 Å². The van der Waals surface area contributed by atoms with Crippen molar-refractivity contribution in [3.63, 3.8) is 0 Å². The monoisotopic (exact) mass is 314 g/mol. The van der Waals surface area contributed by atoms with Gasteiger partial charge in [-0.3, -0.25) is 0 Å². The molecule has 1 aromatic rings. The fourth-order valence-electron chi connectivity index (χ4n) is 2.11. The van der Waals surface area contributed by atoms with E-state index in [4.69, 9.17) is 22.5 Å². The molecule has 21 heavy (non-hydrogen) atoms. The summed E-state index contributed by atoms with van der Waals surface area (Å²) in [5.74, 6) is 0.0188. The largest absolute Gasteiger partial charge is 0.409 e. The van der Waals surface area contributed by atoms with E-state index in [-0.39, 0.29) is 5.84 Å². The lowest BCUT2D eigenvalue weighted by Crippen LogP contribution is -2.45. The normalized spacial score (nSPS) is 15.2. The van der Waals surface area contributed by atoms with Crippen LogP contribution in [0.5, 0.6) is 0 Å². The van der Waals surface area contributed by atoms with Crippen molar-refractivity contribution in [2.75, 3.05) is 27.2 Å². The quantitative estimate of drug-likeness (QED) is 0.259. The first kappa shape index (κ1) is 17.7. The molecule has 1 unspecified atom stereocenters. The molecule has 7 heteroatoms. The topological polar surface area (TPSA) is 94.1 Å². The van der Waals surface area contributed by atoms with Crippen molar-refractivity contribution in [3.8, 4) is 0 Å². The number of nitrogens with zero attached hydrogens (tertiary/aromatic N) is 2. The van der Waals surface area contributed by atoms with Crippen LogP contribution in [0, 0.1) is 0 Å². The van der Waals surface area contributed by atoms with Gasteiger partial charge in [-0.2, -0.15) is 0 Å². The maximum absolute atomic E-state index is 10.2. The molecule has 0 bridgehead atoms. The van der Waals surface area contributed by atoms with Gasteiger partial charge in [0, 0.05) is 30.2 Å². The number of likely N-dealkylation sites (N-methyl/N-ethyl adjacent to an activating group) is 1. The summed E-state index contributed by atoms with van der Waals surface area (Å²) >= 11 is 6.16. The van der Waals surface area contributed by atoms with Gasteiger partial charge in [0.1, 0.15) is 0 Å². The fraction of sp³-hybridized carbons (Fsp3) is 0.500. The summed E-state index contributed by atoms with van der Waals surface area (Å²) < 4.78 is 0. The molecule has 0 radical (unpaired) electrons. The summed E-state index contributed by atoms with van der Waals surface area (Å²) in [5.41, 5.74) is 6.13. The molecule has 0 aliphatic carbocycles. The second kappa shape index (κ2) is 7.61. The maximum Gasteiger partial charge on any atom is 0.170 e. The summed E-state index contributed by atoms with van der Waals surface area (Å²) in [7, 11) is 3.83. The Bertz CT molecular complexity index is 504. The predicted octanol–water partition coefficient (Wildman–Crippen LogP) is 0.837. The number of hydrogen-bond acceptors (Lipinski definition) is 5. The minimum atomic E-state index is -0.816. The number of rotatable bonds is 7. The van der Waals surface area contributed by atoms with Gasteiger partial charge in [-0.1, -0.05) is 28.9 Å². The molecule has 0 amide bonds. The minimum absolute atomic E-state index is 0.0188. The first-order valence-electron chi connectivity index (χ1n) is 6.59. The zero-order valence-corrected chi connectivity index (χ0v) is 13.4. The number of amidine groups is 1. The molecule has 0 aromatic heterocycles. The highest BCUT2D eigenvalue weighted by Crippen LogP contribution is 2.18. The first-order chi connectivity index (χ1) is 9.75. The van der Waals surface area contributed by atoms with Gasteiger partial charge < -0.3 is 26.3 Å². The van der Waals surface area contributed by atoms with Crippen LogP contribution in [0.4, 0.5) is 0 Å². The summed E-state index contributed by atoms with van der Waals surface area (Å²) in [6, 6.07) is 5.19. The van der Waals surface area contributed by atoms with Crippen molar-refractivity contribution in [3.05, 3.63) is 34.3 Å². The zero-order chi connectivity index (χ0) is 16.0. The van der Waals surface area contributed by atoms with E-state index in [9.17, 15) is 5.11 Å². The fourth-order valence-corrected chi connectivity index (χ4v) is 2.36. The van der Waals surface area contributed by atoms with Crippen LogP contribution in [-0.4, -0.2) is 53.8 Å². The van der Waals surface area contributed by atoms with Crippen molar-refractivity contribution < 1.29 is 10.3 Å². The Balaban J connectivity index is 2.61. The average Bonchev–Trinajstić information content (AvgIpc) is 2.38. The van der Waals surface area contributed by atoms with Crippen molar-refractivity contribution in [1.82, 2.24) is 10.2 Å². The van der Waals surface area contributed by atoms with Crippen molar-refractivity contribution in [2.45, 2.75) is 19.1 Å². The van der Waals surface area contributed by atoms with E-state index >= 15 is 0 Å². The summed E-state index contributed by atoms with van der Waals surface area (Å²) in [4.78, 5) is 1.93. The molecule has 118 valence electrons. The molecule has 6 nitrogen and oxygen atoms in total. The number of hydrogen-bond donors (Lipinski definition) is 4. The number of halogens is 1. The molecule has 1 rings (SSSR count). The molecule has 0 aliphatic heterocycles. The Morgan fingerprint density at radius 2 is 2.14 bits per heavy atom.